The number of benzene rings is 1. The predicted octanol–water partition coefficient (Wildman–Crippen LogP) is 4.93. The normalized spacial score (nSPS) is 11.1. The van der Waals surface area contributed by atoms with E-state index in [9.17, 15) is 0 Å². The quantitative estimate of drug-likeness (QED) is 0.717. The lowest BCUT2D eigenvalue weighted by atomic mass is 10.0. The van der Waals surface area contributed by atoms with Crippen molar-refractivity contribution in [2.45, 2.75) is 19.8 Å². The Bertz CT molecular complexity index is 648. The van der Waals surface area contributed by atoms with E-state index in [1.54, 1.807) is 11.3 Å². The van der Waals surface area contributed by atoms with Crippen LogP contribution in [0.15, 0.2) is 47.8 Å². The monoisotopic (exact) mass is 268 g/mol. The van der Waals surface area contributed by atoms with E-state index in [4.69, 9.17) is 0 Å². The van der Waals surface area contributed by atoms with Crippen LogP contribution in [-0.4, -0.2) is 10.2 Å². The molecule has 3 aromatic rings. The largest absolute Gasteiger partial charge is 0.276 e. The first-order chi connectivity index (χ1) is 9.24. The number of nitrogens with one attached hydrogen (secondary N) is 1. The zero-order valence-electron chi connectivity index (χ0n) is 11.1. The predicted molar refractivity (Wildman–Crippen MR) is 81.4 cm³/mol. The number of aromatic amines is 1. The Kier molecular flexibility index (Phi) is 3.22. The van der Waals surface area contributed by atoms with E-state index >= 15 is 0 Å². The average molecular weight is 268 g/mol. The maximum Gasteiger partial charge on any atom is 0.0927 e. The van der Waals surface area contributed by atoms with Gasteiger partial charge >= 0.3 is 0 Å². The number of rotatable bonds is 3. The molecule has 0 saturated carbocycles. The van der Waals surface area contributed by atoms with Crippen LogP contribution >= 0.6 is 11.3 Å². The fraction of sp³-hybridized carbons (Fsp3) is 0.188. The zero-order valence-corrected chi connectivity index (χ0v) is 11.9. The number of H-pyrrole nitrogens is 1. The van der Waals surface area contributed by atoms with Gasteiger partial charge < -0.3 is 0 Å². The molecule has 0 aliphatic heterocycles. The second kappa shape index (κ2) is 5.02. The Labute approximate surface area is 117 Å². The van der Waals surface area contributed by atoms with Crippen LogP contribution in [0.2, 0.25) is 0 Å². The molecule has 3 heteroatoms. The van der Waals surface area contributed by atoms with Crippen molar-refractivity contribution in [3.63, 3.8) is 0 Å². The van der Waals surface area contributed by atoms with Gasteiger partial charge in [0.1, 0.15) is 0 Å². The van der Waals surface area contributed by atoms with Crippen LogP contribution in [-0.2, 0) is 0 Å². The number of hydrogen-bond donors (Lipinski definition) is 1. The summed E-state index contributed by atoms with van der Waals surface area (Å²) in [6, 6.07) is 14.9. The summed E-state index contributed by atoms with van der Waals surface area (Å²) in [7, 11) is 0. The molecular weight excluding hydrogens is 252 g/mol. The van der Waals surface area contributed by atoms with Gasteiger partial charge in [-0.25, -0.2) is 0 Å². The Morgan fingerprint density at radius 3 is 2.53 bits per heavy atom. The Balaban J connectivity index is 1.90. The number of hydrogen-bond acceptors (Lipinski definition) is 2. The van der Waals surface area contributed by atoms with Gasteiger partial charge in [0, 0.05) is 5.56 Å². The lowest BCUT2D eigenvalue weighted by Crippen LogP contribution is -1.86. The average Bonchev–Trinajstić information content (AvgIpc) is 3.10. The highest BCUT2D eigenvalue weighted by atomic mass is 32.1. The van der Waals surface area contributed by atoms with Crippen LogP contribution in [0.1, 0.15) is 25.3 Å². The van der Waals surface area contributed by atoms with Crippen molar-refractivity contribution in [2.24, 2.45) is 0 Å². The molecule has 0 radical (unpaired) electrons. The van der Waals surface area contributed by atoms with Crippen molar-refractivity contribution < 1.29 is 0 Å². The minimum atomic E-state index is 0.565. The minimum absolute atomic E-state index is 0.565. The molecule has 2 aromatic heterocycles. The van der Waals surface area contributed by atoms with Crippen LogP contribution < -0.4 is 0 Å². The molecular formula is C16H16N2S. The first kappa shape index (κ1) is 12.2. The molecule has 0 atom stereocenters. The molecule has 2 nitrogen and oxygen atoms in total. The second-order valence-corrected chi connectivity index (χ2v) is 5.87. The maximum atomic E-state index is 4.40. The molecule has 0 aliphatic rings. The third-order valence-corrected chi connectivity index (χ3v) is 4.14. The number of aromatic nitrogens is 2. The van der Waals surface area contributed by atoms with Crippen LogP contribution in [0.5, 0.6) is 0 Å². The highest BCUT2D eigenvalue weighted by Gasteiger charge is 2.07. The van der Waals surface area contributed by atoms with Crippen LogP contribution in [0.4, 0.5) is 0 Å². The van der Waals surface area contributed by atoms with Gasteiger partial charge in [0.2, 0.25) is 0 Å². The number of nitrogens with zero attached hydrogens (tertiary/aromatic N) is 1. The van der Waals surface area contributed by atoms with Gasteiger partial charge in [0.05, 0.1) is 16.3 Å². The van der Waals surface area contributed by atoms with Gasteiger partial charge in [-0.2, -0.15) is 5.10 Å². The van der Waals surface area contributed by atoms with Crippen molar-refractivity contribution in [1.82, 2.24) is 10.2 Å². The Morgan fingerprint density at radius 2 is 1.89 bits per heavy atom. The molecule has 0 fully saturated rings. The summed E-state index contributed by atoms with van der Waals surface area (Å²) in [6.07, 6.45) is 0. The highest BCUT2D eigenvalue weighted by Crippen LogP contribution is 2.27. The molecule has 0 aliphatic carbocycles. The highest BCUT2D eigenvalue weighted by molar-refractivity contribution is 7.13. The first-order valence-electron chi connectivity index (χ1n) is 6.43. The van der Waals surface area contributed by atoms with Crippen molar-refractivity contribution in [2.75, 3.05) is 0 Å². The van der Waals surface area contributed by atoms with Gasteiger partial charge in [0.25, 0.3) is 0 Å². The number of thiophene rings is 1. The summed E-state index contributed by atoms with van der Waals surface area (Å²) in [6.45, 7) is 4.41. The summed E-state index contributed by atoms with van der Waals surface area (Å²) in [5.41, 5.74) is 4.60. The fourth-order valence-corrected chi connectivity index (χ4v) is 2.76. The lowest BCUT2D eigenvalue weighted by molar-refractivity contribution is 0.867. The van der Waals surface area contributed by atoms with Crippen LogP contribution in [0.3, 0.4) is 0 Å². The van der Waals surface area contributed by atoms with E-state index in [0.29, 0.717) is 5.92 Å². The van der Waals surface area contributed by atoms with Gasteiger partial charge in [0.15, 0.2) is 0 Å². The third kappa shape index (κ3) is 2.47. The molecule has 0 amide bonds. The molecule has 3 rings (SSSR count). The summed E-state index contributed by atoms with van der Waals surface area (Å²) >= 11 is 1.72. The van der Waals surface area contributed by atoms with Crippen molar-refractivity contribution in [3.8, 4) is 21.8 Å². The van der Waals surface area contributed by atoms with E-state index in [1.807, 2.05) is 0 Å². The Hall–Kier alpha value is -1.87. The first-order valence-corrected chi connectivity index (χ1v) is 7.31. The molecule has 1 aromatic carbocycles. The fourth-order valence-electron chi connectivity index (χ4n) is 2.07. The van der Waals surface area contributed by atoms with E-state index in [2.05, 4.69) is 71.9 Å². The van der Waals surface area contributed by atoms with Gasteiger partial charge in [-0.15, -0.1) is 11.3 Å². The molecule has 1 N–H and O–H groups in total. The van der Waals surface area contributed by atoms with E-state index in [0.717, 1.165) is 17.0 Å². The third-order valence-electron chi connectivity index (χ3n) is 3.24. The smallest absolute Gasteiger partial charge is 0.0927 e. The van der Waals surface area contributed by atoms with Crippen LogP contribution in [0.25, 0.3) is 21.8 Å². The Morgan fingerprint density at radius 1 is 1.11 bits per heavy atom. The molecule has 19 heavy (non-hydrogen) atoms. The molecule has 96 valence electrons. The van der Waals surface area contributed by atoms with E-state index in [1.165, 1.54) is 10.4 Å². The summed E-state index contributed by atoms with van der Waals surface area (Å²) in [5, 5.41) is 9.58. The minimum Gasteiger partial charge on any atom is -0.276 e. The van der Waals surface area contributed by atoms with Gasteiger partial charge in [-0.3, -0.25) is 5.10 Å². The standard InChI is InChI=1S/C16H16N2S/c1-11(2)12-5-7-13(8-6-12)14-10-15(18-17-14)16-4-3-9-19-16/h3-11H,1-2H3,(H,17,18). The van der Waals surface area contributed by atoms with E-state index < -0.39 is 0 Å². The maximum absolute atomic E-state index is 4.40. The molecule has 0 bridgehead atoms. The molecule has 2 heterocycles. The van der Waals surface area contributed by atoms with Gasteiger partial charge in [-0.05, 0) is 29.0 Å². The SMILES string of the molecule is CC(C)c1ccc(-c2cc(-c3cccs3)[nH]n2)cc1. The molecule has 0 unspecified atom stereocenters. The van der Waals surface area contributed by atoms with E-state index in [-0.39, 0.29) is 0 Å². The van der Waals surface area contributed by atoms with Crippen molar-refractivity contribution in [1.29, 1.82) is 0 Å². The van der Waals surface area contributed by atoms with Crippen LogP contribution in [0, 0.1) is 0 Å². The molecule has 0 saturated heterocycles. The topological polar surface area (TPSA) is 28.7 Å². The second-order valence-electron chi connectivity index (χ2n) is 4.92. The zero-order chi connectivity index (χ0) is 13.2. The summed E-state index contributed by atoms with van der Waals surface area (Å²) < 4.78 is 0. The summed E-state index contributed by atoms with van der Waals surface area (Å²) in [4.78, 5) is 1.22. The summed E-state index contributed by atoms with van der Waals surface area (Å²) in [5.74, 6) is 0.565. The molecule has 0 spiro atoms. The lowest BCUT2D eigenvalue weighted by Gasteiger charge is -2.05. The van der Waals surface area contributed by atoms with Gasteiger partial charge in [-0.1, -0.05) is 44.2 Å². The van der Waals surface area contributed by atoms with Crippen molar-refractivity contribution >= 4 is 11.3 Å². The van der Waals surface area contributed by atoms with Crippen molar-refractivity contribution in [3.05, 3.63) is 53.4 Å².